The number of sulfonamides is 1. The second kappa shape index (κ2) is 9.02. The first kappa shape index (κ1) is 21.7. The van der Waals surface area contributed by atoms with E-state index in [1.165, 1.54) is 6.07 Å². The van der Waals surface area contributed by atoms with Crippen LogP contribution >= 0.6 is 11.3 Å². The summed E-state index contributed by atoms with van der Waals surface area (Å²) < 4.78 is 42.5. The highest BCUT2D eigenvalue weighted by Crippen LogP contribution is 2.37. The molecule has 0 fully saturated rings. The Balaban J connectivity index is 1.58. The van der Waals surface area contributed by atoms with Gasteiger partial charge in [0.2, 0.25) is 10.0 Å². The number of fused-ring (bicyclic) bond motifs is 2. The van der Waals surface area contributed by atoms with Gasteiger partial charge >= 0.3 is 0 Å². The maximum Gasteiger partial charge on any atom is 0.241 e. The Morgan fingerprint density at radius 3 is 2.52 bits per heavy atom. The molecule has 0 spiro atoms. The molecule has 4 aromatic rings. The van der Waals surface area contributed by atoms with Gasteiger partial charge in [-0.25, -0.2) is 8.42 Å². The predicted molar refractivity (Wildman–Crippen MR) is 133 cm³/mol. The third-order valence-electron chi connectivity index (χ3n) is 5.56. The van der Waals surface area contributed by atoms with Crippen LogP contribution in [0.4, 0.5) is 0 Å². The number of benzene rings is 3. The fourth-order valence-electron chi connectivity index (χ4n) is 3.91. The lowest BCUT2D eigenvalue weighted by Gasteiger charge is -2.20. The monoisotopic (exact) mass is 477 g/mol. The Morgan fingerprint density at radius 1 is 0.939 bits per heavy atom. The number of ether oxygens (including phenoxy) is 2. The van der Waals surface area contributed by atoms with E-state index in [-0.39, 0.29) is 4.90 Å². The van der Waals surface area contributed by atoms with Crippen molar-refractivity contribution < 1.29 is 17.9 Å². The molecule has 168 valence electrons. The van der Waals surface area contributed by atoms with Gasteiger partial charge in [-0.15, -0.1) is 11.3 Å². The average molecular weight is 478 g/mol. The molecule has 0 amide bonds. The number of hydrogen-bond acceptors (Lipinski definition) is 5. The van der Waals surface area contributed by atoms with Crippen LogP contribution in [-0.2, 0) is 10.0 Å². The van der Waals surface area contributed by atoms with Crippen LogP contribution in [0.2, 0.25) is 0 Å². The van der Waals surface area contributed by atoms with E-state index in [4.69, 9.17) is 9.47 Å². The summed E-state index contributed by atoms with van der Waals surface area (Å²) in [6.07, 6.45) is 2.50. The Bertz CT molecular complexity index is 1390. The fraction of sp³-hybridized carbons (Fsp3) is 0.154. The number of hydrogen-bond donors (Lipinski definition) is 1. The van der Waals surface area contributed by atoms with Crippen molar-refractivity contribution in [3.8, 4) is 11.5 Å². The Morgan fingerprint density at radius 2 is 1.70 bits per heavy atom. The zero-order chi connectivity index (χ0) is 22.8. The Labute approximate surface area is 197 Å². The fourth-order valence-corrected chi connectivity index (χ4v) is 6.33. The van der Waals surface area contributed by atoms with Gasteiger partial charge < -0.3 is 9.47 Å². The van der Waals surface area contributed by atoms with Crippen molar-refractivity contribution in [2.75, 3.05) is 13.2 Å². The second-order valence-corrected chi connectivity index (χ2v) is 10.6. The van der Waals surface area contributed by atoms with Crippen LogP contribution in [0.1, 0.15) is 28.5 Å². The summed E-state index contributed by atoms with van der Waals surface area (Å²) in [7, 11) is -3.88. The van der Waals surface area contributed by atoms with Gasteiger partial charge in [-0.2, -0.15) is 4.72 Å². The van der Waals surface area contributed by atoms with Crippen LogP contribution in [0.15, 0.2) is 84.3 Å². The van der Waals surface area contributed by atoms with Crippen molar-refractivity contribution >= 4 is 37.5 Å². The maximum absolute atomic E-state index is 13.5. The summed E-state index contributed by atoms with van der Waals surface area (Å²) in [6.45, 7) is 4.95. The topological polar surface area (TPSA) is 64.6 Å². The van der Waals surface area contributed by atoms with E-state index in [1.807, 2.05) is 54.6 Å². The van der Waals surface area contributed by atoms with E-state index in [1.54, 1.807) is 29.5 Å². The minimum absolute atomic E-state index is 0.133. The molecule has 1 atom stereocenters. The molecule has 1 N–H and O–H groups in total. The smallest absolute Gasteiger partial charge is 0.241 e. The van der Waals surface area contributed by atoms with Crippen molar-refractivity contribution in [1.29, 1.82) is 0 Å². The first-order valence-corrected chi connectivity index (χ1v) is 13.0. The summed E-state index contributed by atoms with van der Waals surface area (Å²) in [5.74, 6) is 1.00. The third-order valence-corrected chi connectivity index (χ3v) is 8.16. The van der Waals surface area contributed by atoms with Crippen molar-refractivity contribution in [1.82, 2.24) is 4.72 Å². The molecule has 1 unspecified atom stereocenters. The minimum atomic E-state index is -3.88. The molecule has 0 aliphatic carbocycles. The Hall–Kier alpha value is -3.13. The van der Waals surface area contributed by atoms with Gasteiger partial charge in [0.1, 0.15) is 0 Å². The third kappa shape index (κ3) is 4.39. The summed E-state index contributed by atoms with van der Waals surface area (Å²) in [5, 5.41) is 1.08. The lowest BCUT2D eigenvalue weighted by Crippen LogP contribution is -2.29. The average Bonchev–Trinajstić information content (AvgIpc) is 3.12. The van der Waals surface area contributed by atoms with Gasteiger partial charge in [0.15, 0.2) is 11.5 Å². The highest BCUT2D eigenvalue weighted by atomic mass is 32.2. The molecule has 0 saturated carbocycles. The van der Waals surface area contributed by atoms with Crippen molar-refractivity contribution in [2.24, 2.45) is 0 Å². The Kier molecular flexibility index (Phi) is 5.93. The molecule has 0 saturated heterocycles. The van der Waals surface area contributed by atoms with Crippen LogP contribution < -0.4 is 14.2 Å². The highest BCUT2D eigenvalue weighted by Gasteiger charge is 2.27. The van der Waals surface area contributed by atoms with E-state index in [9.17, 15) is 8.42 Å². The summed E-state index contributed by atoms with van der Waals surface area (Å²) in [6, 6.07) is 21.9. The van der Waals surface area contributed by atoms with Crippen LogP contribution in [-0.4, -0.2) is 21.6 Å². The minimum Gasteiger partial charge on any atom is -0.490 e. The van der Waals surface area contributed by atoms with Crippen molar-refractivity contribution in [3.05, 3.63) is 95.4 Å². The lowest BCUT2D eigenvalue weighted by atomic mass is 9.99. The van der Waals surface area contributed by atoms with Gasteiger partial charge in [-0.1, -0.05) is 55.1 Å². The molecular formula is C26H23NO4S2. The van der Waals surface area contributed by atoms with Gasteiger partial charge in [0, 0.05) is 22.1 Å². The quantitative estimate of drug-likeness (QED) is 0.383. The predicted octanol–water partition coefficient (Wildman–Crippen LogP) is 5.77. The highest BCUT2D eigenvalue weighted by molar-refractivity contribution is 7.89. The van der Waals surface area contributed by atoms with Gasteiger partial charge in [0.05, 0.1) is 24.2 Å². The maximum atomic E-state index is 13.5. The van der Waals surface area contributed by atoms with E-state index < -0.39 is 16.1 Å². The second-order valence-electron chi connectivity index (χ2n) is 7.73. The van der Waals surface area contributed by atoms with Crippen LogP contribution in [0.3, 0.4) is 0 Å². The normalized spacial score (nSPS) is 14.5. The summed E-state index contributed by atoms with van der Waals surface area (Å²) >= 11 is 1.57. The van der Waals surface area contributed by atoms with Crippen LogP contribution in [0.25, 0.3) is 16.2 Å². The first-order valence-electron chi connectivity index (χ1n) is 10.7. The molecule has 5 rings (SSSR count). The summed E-state index contributed by atoms with van der Waals surface area (Å²) in [5.41, 5.74) is 1.72. The molecule has 0 radical (unpaired) electrons. The number of nitrogens with one attached hydrogen (secondary N) is 1. The molecule has 5 nitrogen and oxygen atoms in total. The molecule has 1 aromatic heterocycles. The molecule has 7 heteroatoms. The molecule has 1 aliphatic heterocycles. The van der Waals surface area contributed by atoms with E-state index in [0.29, 0.717) is 24.7 Å². The van der Waals surface area contributed by atoms with Gasteiger partial charge in [-0.3, -0.25) is 0 Å². The molecule has 1 aliphatic rings. The standard InChI is InChI=1S/C26H23NO4S2/c1-2-18-8-3-5-10-21(18)26(25-16-19-9-4-6-11-24(19)32-25)27-33(28,29)20-12-13-22-23(17-20)31-15-7-14-30-22/h2-6,8-13,16-17,26-27H,1,7,14-15H2. The summed E-state index contributed by atoms with van der Waals surface area (Å²) in [4.78, 5) is 1.04. The molecule has 33 heavy (non-hydrogen) atoms. The lowest BCUT2D eigenvalue weighted by molar-refractivity contribution is 0.297. The van der Waals surface area contributed by atoms with Crippen LogP contribution in [0, 0.1) is 0 Å². The largest absolute Gasteiger partial charge is 0.490 e. The van der Waals surface area contributed by atoms with Gasteiger partial charge in [0.25, 0.3) is 0 Å². The zero-order valence-corrected chi connectivity index (χ0v) is 19.5. The van der Waals surface area contributed by atoms with E-state index in [0.717, 1.165) is 32.5 Å². The van der Waals surface area contributed by atoms with Crippen LogP contribution in [0.5, 0.6) is 11.5 Å². The molecular weight excluding hydrogens is 454 g/mol. The van der Waals surface area contributed by atoms with E-state index >= 15 is 0 Å². The zero-order valence-electron chi connectivity index (χ0n) is 17.9. The first-order chi connectivity index (χ1) is 16.0. The molecule has 0 bridgehead atoms. The van der Waals surface area contributed by atoms with Gasteiger partial charge in [-0.05, 0) is 40.8 Å². The van der Waals surface area contributed by atoms with E-state index in [2.05, 4.69) is 11.3 Å². The molecule has 2 heterocycles. The number of rotatable bonds is 6. The SMILES string of the molecule is C=Cc1ccccc1C(NS(=O)(=O)c1ccc2c(c1)OCCCO2)c1cc2ccccc2s1. The molecule has 3 aromatic carbocycles. The number of thiophene rings is 1. The van der Waals surface area contributed by atoms with Crippen molar-refractivity contribution in [3.63, 3.8) is 0 Å². The van der Waals surface area contributed by atoms with Crippen molar-refractivity contribution in [2.45, 2.75) is 17.4 Å².